The zero-order chi connectivity index (χ0) is 16.0. The quantitative estimate of drug-likeness (QED) is 0.895. The van der Waals surface area contributed by atoms with E-state index in [2.05, 4.69) is 27.7 Å². The molecule has 1 aliphatic rings. The summed E-state index contributed by atoms with van der Waals surface area (Å²) in [7, 11) is 0. The van der Waals surface area contributed by atoms with Crippen LogP contribution in [0.4, 0.5) is 4.79 Å². The minimum Gasteiger partial charge on any atom is -0.444 e. The molecule has 2 rings (SSSR count). The molecule has 5 nitrogen and oxygen atoms in total. The second kappa shape index (κ2) is 7.61. The molecule has 2 N–H and O–H groups in total. The van der Waals surface area contributed by atoms with Crippen molar-refractivity contribution in [2.24, 2.45) is 0 Å². The Morgan fingerprint density at radius 3 is 2.50 bits per heavy atom. The fourth-order valence-corrected chi connectivity index (χ4v) is 2.62. The molecule has 1 heterocycles. The topological polar surface area (TPSA) is 53.6 Å². The average molecular weight is 305 g/mol. The number of nitrogens with one attached hydrogen (secondary N) is 2. The van der Waals surface area contributed by atoms with Gasteiger partial charge < -0.3 is 15.4 Å². The highest BCUT2D eigenvalue weighted by molar-refractivity contribution is 5.67. The Balaban J connectivity index is 2.00. The fraction of sp³-hybridized carbons (Fsp3) is 0.588. The van der Waals surface area contributed by atoms with Gasteiger partial charge in [0.15, 0.2) is 0 Å². The molecule has 0 aromatic heterocycles. The van der Waals surface area contributed by atoms with Gasteiger partial charge in [0.25, 0.3) is 0 Å². The van der Waals surface area contributed by atoms with Gasteiger partial charge in [-0.25, -0.2) is 4.79 Å². The maximum atomic E-state index is 11.9. The van der Waals surface area contributed by atoms with Crippen LogP contribution in [0.15, 0.2) is 30.3 Å². The fourth-order valence-electron chi connectivity index (χ4n) is 2.62. The smallest absolute Gasteiger partial charge is 0.407 e. The molecule has 1 unspecified atom stereocenters. The number of piperazine rings is 1. The molecule has 1 atom stereocenters. The zero-order valence-corrected chi connectivity index (χ0v) is 13.8. The van der Waals surface area contributed by atoms with Gasteiger partial charge >= 0.3 is 6.09 Å². The summed E-state index contributed by atoms with van der Waals surface area (Å²) < 4.78 is 5.33. The average Bonchev–Trinajstić information content (AvgIpc) is 2.48. The Kier molecular flexibility index (Phi) is 5.80. The van der Waals surface area contributed by atoms with Crippen LogP contribution in [0.25, 0.3) is 0 Å². The number of alkyl carbamates (subject to hydrolysis) is 1. The van der Waals surface area contributed by atoms with Crippen molar-refractivity contribution in [3.05, 3.63) is 35.9 Å². The van der Waals surface area contributed by atoms with E-state index in [0.29, 0.717) is 6.54 Å². The minimum absolute atomic E-state index is 0.177. The van der Waals surface area contributed by atoms with E-state index in [-0.39, 0.29) is 12.1 Å². The SMILES string of the molecule is CC(C)(C)OC(=O)NCC(c1ccccc1)N1CCNCC1. The van der Waals surface area contributed by atoms with Crippen molar-refractivity contribution in [1.82, 2.24) is 15.5 Å². The van der Waals surface area contributed by atoms with E-state index in [0.717, 1.165) is 26.2 Å². The van der Waals surface area contributed by atoms with Gasteiger partial charge in [-0.1, -0.05) is 30.3 Å². The molecular weight excluding hydrogens is 278 g/mol. The van der Waals surface area contributed by atoms with Gasteiger partial charge in [-0.3, -0.25) is 4.90 Å². The summed E-state index contributed by atoms with van der Waals surface area (Å²) in [6.45, 7) is 10.1. The number of carbonyl (C=O) groups is 1. The predicted octanol–water partition coefficient (Wildman–Crippen LogP) is 2.16. The molecule has 22 heavy (non-hydrogen) atoms. The molecule has 0 radical (unpaired) electrons. The van der Waals surface area contributed by atoms with Crippen LogP contribution >= 0.6 is 0 Å². The molecular formula is C17H27N3O2. The van der Waals surface area contributed by atoms with Crippen LogP contribution < -0.4 is 10.6 Å². The third kappa shape index (κ3) is 5.31. The first kappa shape index (κ1) is 16.8. The molecule has 1 saturated heterocycles. The van der Waals surface area contributed by atoms with E-state index in [1.165, 1.54) is 5.56 Å². The van der Waals surface area contributed by atoms with Gasteiger partial charge in [-0.2, -0.15) is 0 Å². The second-order valence-corrected chi connectivity index (χ2v) is 6.60. The molecule has 5 heteroatoms. The first-order valence-corrected chi connectivity index (χ1v) is 7.92. The first-order valence-electron chi connectivity index (χ1n) is 7.92. The number of rotatable bonds is 4. The normalized spacial score (nSPS) is 17.8. The van der Waals surface area contributed by atoms with Crippen LogP contribution in [0.1, 0.15) is 32.4 Å². The highest BCUT2D eigenvalue weighted by Crippen LogP contribution is 2.20. The van der Waals surface area contributed by atoms with Gasteiger partial charge in [0.05, 0.1) is 6.04 Å². The molecule has 1 amide bonds. The summed E-state index contributed by atoms with van der Waals surface area (Å²) in [6.07, 6.45) is -0.358. The maximum Gasteiger partial charge on any atom is 0.407 e. The molecule has 0 aliphatic carbocycles. The molecule has 122 valence electrons. The van der Waals surface area contributed by atoms with Crippen molar-refractivity contribution in [3.8, 4) is 0 Å². The number of benzene rings is 1. The Morgan fingerprint density at radius 1 is 1.27 bits per heavy atom. The largest absolute Gasteiger partial charge is 0.444 e. The summed E-state index contributed by atoms with van der Waals surface area (Å²) >= 11 is 0. The Hall–Kier alpha value is -1.59. The number of ether oxygens (including phenoxy) is 1. The van der Waals surface area contributed by atoms with E-state index in [4.69, 9.17) is 4.74 Å². The number of carbonyl (C=O) groups excluding carboxylic acids is 1. The highest BCUT2D eigenvalue weighted by atomic mass is 16.6. The summed E-state index contributed by atoms with van der Waals surface area (Å²) in [5.41, 5.74) is 0.752. The van der Waals surface area contributed by atoms with E-state index in [1.54, 1.807) is 0 Å². The lowest BCUT2D eigenvalue weighted by molar-refractivity contribution is 0.0503. The third-order valence-electron chi connectivity index (χ3n) is 3.62. The number of hydrogen-bond acceptors (Lipinski definition) is 4. The van der Waals surface area contributed by atoms with Crippen molar-refractivity contribution < 1.29 is 9.53 Å². The third-order valence-corrected chi connectivity index (χ3v) is 3.62. The van der Waals surface area contributed by atoms with Gasteiger partial charge in [-0.05, 0) is 26.3 Å². The van der Waals surface area contributed by atoms with Gasteiger partial charge in [0.1, 0.15) is 5.60 Å². The monoisotopic (exact) mass is 305 g/mol. The summed E-state index contributed by atoms with van der Waals surface area (Å²) in [6, 6.07) is 10.5. The van der Waals surface area contributed by atoms with E-state index >= 15 is 0 Å². The minimum atomic E-state index is -0.471. The Bertz CT molecular complexity index is 465. The van der Waals surface area contributed by atoms with Crippen LogP contribution in [0.5, 0.6) is 0 Å². The second-order valence-electron chi connectivity index (χ2n) is 6.60. The maximum absolute atomic E-state index is 11.9. The van der Waals surface area contributed by atoms with Crippen molar-refractivity contribution in [2.45, 2.75) is 32.4 Å². The molecule has 0 spiro atoms. The van der Waals surface area contributed by atoms with E-state index in [1.807, 2.05) is 39.0 Å². The van der Waals surface area contributed by atoms with Crippen molar-refractivity contribution >= 4 is 6.09 Å². The number of hydrogen-bond donors (Lipinski definition) is 2. The van der Waals surface area contributed by atoms with Crippen molar-refractivity contribution in [1.29, 1.82) is 0 Å². The van der Waals surface area contributed by atoms with Gasteiger partial charge in [-0.15, -0.1) is 0 Å². The summed E-state index contributed by atoms with van der Waals surface area (Å²) in [5.74, 6) is 0. The molecule has 1 aromatic rings. The van der Waals surface area contributed by atoms with Gasteiger partial charge in [0, 0.05) is 32.7 Å². The van der Waals surface area contributed by atoms with Crippen LogP contribution in [-0.4, -0.2) is 49.3 Å². The lowest BCUT2D eigenvalue weighted by Gasteiger charge is -2.35. The van der Waals surface area contributed by atoms with Crippen LogP contribution in [-0.2, 0) is 4.74 Å². The van der Waals surface area contributed by atoms with Crippen molar-refractivity contribution in [2.75, 3.05) is 32.7 Å². The zero-order valence-electron chi connectivity index (χ0n) is 13.8. The van der Waals surface area contributed by atoms with Gasteiger partial charge in [0.2, 0.25) is 0 Å². The Labute approximate surface area is 133 Å². The number of amides is 1. The van der Waals surface area contributed by atoms with E-state index in [9.17, 15) is 4.79 Å². The molecule has 1 fully saturated rings. The van der Waals surface area contributed by atoms with Crippen LogP contribution in [0.3, 0.4) is 0 Å². The first-order chi connectivity index (χ1) is 10.5. The van der Waals surface area contributed by atoms with Crippen LogP contribution in [0, 0.1) is 0 Å². The predicted molar refractivity (Wildman–Crippen MR) is 87.9 cm³/mol. The number of nitrogens with zero attached hydrogens (tertiary/aromatic N) is 1. The molecule has 1 aromatic carbocycles. The Morgan fingerprint density at radius 2 is 1.91 bits per heavy atom. The summed E-state index contributed by atoms with van der Waals surface area (Å²) in [5, 5.41) is 6.28. The molecule has 0 bridgehead atoms. The summed E-state index contributed by atoms with van der Waals surface area (Å²) in [4.78, 5) is 14.3. The lowest BCUT2D eigenvalue weighted by atomic mass is 10.0. The highest BCUT2D eigenvalue weighted by Gasteiger charge is 2.23. The molecule has 0 saturated carbocycles. The standard InChI is InChI=1S/C17H27N3O2/c1-17(2,3)22-16(21)19-13-15(14-7-5-4-6-8-14)20-11-9-18-10-12-20/h4-8,15,18H,9-13H2,1-3H3,(H,19,21). The lowest BCUT2D eigenvalue weighted by Crippen LogP contribution is -2.48. The van der Waals surface area contributed by atoms with Crippen LogP contribution in [0.2, 0.25) is 0 Å². The molecule has 1 aliphatic heterocycles. The van der Waals surface area contributed by atoms with Crippen molar-refractivity contribution in [3.63, 3.8) is 0 Å². The van der Waals surface area contributed by atoms with E-state index < -0.39 is 5.60 Å².